The molecule has 1 fully saturated rings. The summed E-state index contributed by atoms with van der Waals surface area (Å²) >= 11 is 0. The van der Waals surface area contributed by atoms with Crippen LogP contribution in [0, 0.1) is 5.41 Å². The first-order chi connectivity index (χ1) is 8.79. The summed E-state index contributed by atoms with van der Waals surface area (Å²) in [6.07, 6.45) is -0.222. The fraction of sp³-hybridized carbons (Fsp3) is 0.846. The van der Waals surface area contributed by atoms with Crippen LogP contribution in [-0.4, -0.2) is 62.8 Å². The second kappa shape index (κ2) is 6.34. The molecule has 110 valence electrons. The van der Waals surface area contributed by atoms with E-state index in [1.807, 2.05) is 20.8 Å². The number of amides is 2. The number of methoxy groups -OCH3 is 2. The van der Waals surface area contributed by atoms with Gasteiger partial charge in [-0.05, 0) is 5.41 Å². The van der Waals surface area contributed by atoms with Crippen molar-refractivity contribution in [2.45, 2.75) is 32.9 Å². The van der Waals surface area contributed by atoms with Crippen LogP contribution in [0.25, 0.3) is 0 Å². The maximum absolute atomic E-state index is 12.4. The largest absolute Gasteiger partial charge is 0.382 e. The van der Waals surface area contributed by atoms with E-state index in [0.29, 0.717) is 13.2 Å². The van der Waals surface area contributed by atoms with E-state index >= 15 is 0 Å². The molecule has 0 radical (unpaired) electrons. The Morgan fingerprint density at radius 1 is 1.37 bits per heavy atom. The van der Waals surface area contributed by atoms with E-state index in [1.165, 1.54) is 0 Å². The quantitative estimate of drug-likeness (QED) is 0.766. The van der Waals surface area contributed by atoms with Crippen molar-refractivity contribution in [1.29, 1.82) is 0 Å². The Balaban J connectivity index is 2.77. The van der Waals surface area contributed by atoms with Gasteiger partial charge in [0.25, 0.3) is 0 Å². The molecule has 1 saturated heterocycles. The van der Waals surface area contributed by atoms with Crippen molar-refractivity contribution in [1.82, 2.24) is 10.2 Å². The standard InChI is InChI=1S/C13H24N2O4/c1-13(2,3)11-12(17)15(7-10(16)14-11)6-9(19-5)8-18-4/h9,11H,6-8H2,1-5H3,(H,14,16). The van der Waals surface area contributed by atoms with Gasteiger partial charge in [0.05, 0.1) is 19.3 Å². The summed E-state index contributed by atoms with van der Waals surface area (Å²) in [5.41, 5.74) is -0.310. The lowest BCUT2D eigenvalue weighted by Gasteiger charge is -2.39. The molecule has 1 heterocycles. The molecule has 0 saturated carbocycles. The molecule has 2 amide bonds. The molecule has 1 rings (SSSR count). The number of hydrogen-bond acceptors (Lipinski definition) is 4. The molecular weight excluding hydrogens is 248 g/mol. The van der Waals surface area contributed by atoms with E-state index in [4.69, 9.17) is 9.47 Å². The van der Waals surface area contributed by atoms with Crippen LogP contribution in [0.5, 0.6) is 0 Å². The Morgan fingerprint density at radius 2 is 2.00 bits per heavy atom. The molecule has 1 aliphatic rings. The van der Waals surface area contributed by atoms with E-state index in [9.17, 15) is 9.59 Å². The molecule has 0 bridgehead atoms. The fourth-order valence-electron chi connectivity index (χ4n) is 2.07. The Labute approximate surface area is 114 Å². The van der Waals surface area contributed by atoms with E-state index in [2.05, 4.69) is 5.32 Å². The molecular formula is C13H24N2O4. The van der Waals surface area contributed by atoms with Crippen LogP contribution in [0.1, 0.15) is 20.8 Å². The van der Waals surface area contributed by atoms with Crippen molar-refractivity contribution < 1.29 is 19.1 Å². The molecule has 1 N–H and O–H groups in total. The zero-order chi connectivity index (χ0) is 14.6. The van der Waals surface area contributed by atoms with Gasteiger partial charge in [-0.2, -0.15) is 0 Å². The summed E-state index contributed by atoms with van der Waals surface area (Å²) < 4.78 is 10.3. The topological polar surface area (TPSA) is 67.9 Å². The van der Waals surface area contributed by atoms with Gasteiger partial charge in [0.15, 0.2) is 0 Å². The van der Waals surface area contributed by atoms with Gasteiger partial charge >= 0.3 is 0 Å². The summed E-state index contributed by atoms with van der Waals surface area (Å²) in [5.74, 6) is -0.197. The zero-order valence-electron chi connectivity index (χ0n) is 12.4. The number of nitrogens with zero attached hydrogens (tertiary/aromatic N) is 1. The molecule has 0 spiro atoms. The summed E-state index contributed by atoms with van der Waals surface area (Å²) in [4.78, 5) is 25.7. The van der Waals surface area contributed by atoms with Crippen LogP contribution in [0.2, 0.25) is 0 Å². The van der Waals surface area contributed by atoms with Crippen LogP contribution in [0.3, 0.4) is 0 Å². The third-order valence-corrected chi connectivity index (χ3v) is 3.17. The molecule has 0 aromatic rings. The van der Waals surface area contributed by atoms with Gasteiger partial charge in [0, 0.05) is 20.8 Å². The van der Waals surface area contributed by atoms with Crippen molar-refractivity contribution >= 4 is 11.8 Å². The number of carbonyl (C=O) groups is 2. The van der Waals surface area contributed by atoms with Crippen LogP contribution >= 0.6 is 0 Å². The number of piperazine rings is 1. The van der Waals surface area contributed by atoms with Crippen LogP contribution in [0.4, 0.5) is 0 Å². The Bertz CT molecular complexity index is 338. The predicted molar refractivity (Wildman–Crippen MR) is 70.6 cm³/mol. The minimum Gasteiger partial charge on any atom is -0.382 e. The molecule has 6 nitrogen and oxygen atoms in total. The van der Waals surface area contributed by atoms with Gasteiger partial charge < -0.3 is 19.7 Å². The van der Waals surface area contributed by atoms with Crippen molar-refractivity contribution in [2.75, 3.05) is 33.9 Å². The van der Waals surface area contributed by atoms with Crippen molar-refractivity contribution in [2.24, 2.45) is 5.41 Å². The minimum absolute atomic E-state index is 0.0646. The lowest BCUT2D eigenvalue weighted by atomic mass is 9.84. The Kier molecular flexibility index (Phi) is 5.31. The second-order valence-corrected chi connectivity index (χ2v) is 5.90. The molecule has 0 aromatic heterocycles. The number of carbonyl (C=O) groups excluding carboxylic acids is 2. The van der Waals surface area contributed by atoms with Gasteiger partial charge in [-0.25, -0.2) is 0 Å². The fourth-order valence-corrected chi connectivity index (χ4v) is 2.07. The number of hydrogen-bond donors (Lipinski definition) is 1. The molecule has 0 aliphatic carbocycles. The van der Waals surface area contributed by atoms with Crippen LogP contribution < -0.4 is 5.32 Å². The van der Waals surface area contributed by atoms with Crippen LogP contribution in [0.15, 0.2) is 0 Å². The molecule has 0 aromatic carbocycles. The van der Waals surface area contributed by atoms with Gasteiger partial charge in [-0.15, -0.1) is 0 Å². The normalized spacial score (nSPS) is 22.4. The van der Waals surface area contributed by atoms with E-state index in [1.54, 1.807) is 19.1 Å². The first kappa shape index (κ1) is 15.9. The van der Waals surface area contributed by atoms with Crippen molar-refractivity contribution in [3.05, 3.63) is 0 Å². The minimum atomic E-state index is -0.492. The summed E-state index contributed by atoms with van der Waals surface area (Å²) in [6, 6.07) is -0.492. The monoisotopic (exact) mass is 272 g/mol. The number of ether oxygens (including phenoxy) is 2. The summed E-state index contributed by atoms with van der Waals surface area (Å²) in [6.45, 7) is 6.63. The highest BCUT2D eigenvalue weighted by Crippen LogP contribution is 2.23. The molecule has 1 aliphatic heterocycles. The molecule has 6 heteroatoms. The van der Waals surface area contributed by atoms with Crippen LogP contribution in [-0.2, 0) is 19.1 Å². The highest BCUT2D eigenvalue weighted by molar-refractivity contribution is 5.95. The van der Waals surface area contributed by atoms with E-state index in [0.717, 1.165) is 0 Å². The maximum Gasteiger partial charge on any atom is 0.246 e. The predicted octanol–water partition coefficient (Wildman–Crippen LogP) is 0.0209. The lowest BCUT2D eigenvalue weighted by Crippen LogP contribution is -2.63. The first-order valence-corrected chi connectivity index (χ1v) is 6.39. The molecule has 2 atom stereocenters. The van der Waals surface area contributed by atoms with Gasteiger partial charge in [0.1, 0.15) is 6.04 Å². The smallest absolute Gasteiger partial charge is 0.246 e. The highest BCUT2D eigenvalue weighted by atomic mass is 16.5. The summed E-state index contributed by atoms with van der Waals surface area (Å²) in [7, 11) is 3.15. The Morgan fingerprint density at radius 3 is 2.47 bits per heavy atom. The molecule has 19 heavy (non-hydrogen) atoms. The maximum atomic E-state index is 12.4. The lowest BCUT2D eigenvalue weighted by molar-refractivity contribution is -0.149. The third kappa shape index (κ3) is 4.18. The average molecular weight is 272 g/mol. The van der Waals surface area contributed by atoms with Gasteiger partial charge in [-0.1, -0.05) is 20.8 Å². The highest BCUT2D eigenvalue weighted by Gasteiger charge is 2.40. The zero-order valence-corrected chi connectivity index (χ0v) is 12.4. The number of rotatable bonds is 5. The average Bonchev–Trinajstić information content (AvgIpc) is 2.31. The Hall–Kier alpha value is -1.14. The number of nitrogens with one attached hydrogen (secondary N) is 1. The van der Waals surface area contributed by atoms with Gasteiger partial charge in [0.2, 0.25) is 11.8 Å². The third-order valence-electron chi connectivity index (χ3n) is 3.17. The van der Waals surface area contributed by atoms with Gasteiger partial charge in [-0.3, -0.25) is 9.59 Å². The second-order valence-electron chi connectivity index (χ2n) is 5.90. The first-order valence-electron chi connectivity index (χ1n) is 6.39. The van der Waals surface area contributed by atoms with Crippen molar-refractivity contribution in [3.63, 3.8) is 0 Å². The summed E-state index contributed by atoms with van der Waals surface area (Å²) in [5, 5.41) is 2.76. The molecule has 2 unspecified atom stereocenters. The van der Waals surface area contributed by atoms with E-state index in [-0.39, 0.29) is 29.9 Å². The van der Waals surface area contributed by atoms with Crippen molar-refractivity contribution in [3.8, 4) is 0 Å². The van der Waals surface area contributed by atoms with E-state index < -0.39 is 6.04 Å². The SMILES string of the molecule is COCC(CN1CC(=O)NC(C(C)(C)C)C1=O)OC.